The van der Waals surface area contributed by atoms with Gasteiger partial charge >= 0.3 is 0 Å². The van der Waals surface area contributed by atoms with Crippen molar-refractivity contribution in [3.8, 4) is 5.75 Å². The van der Waals surface area contributed by atoms with Crippen LogP contribution in [0.25, 0.3) is 0 Å². The maximum atomic E-state index is 11.7. The maximum absolute atomic E-state index is 11.7. The molecule has 1 aromatic rings. The largest absolute Gasteiger partial charge is 0.496 e. The number of benzene rings is 1. The van der Waals surface area contributed by atoms with Crippen molar-refractivity contribution in [3.63, 3.8) is 0 Å². The van der Waals surface area contributed by atoms with Crippen LogP contribution in [0, 0.1) is 6.92 Å². The molecular weight excluding hydrogens is 262 g/mol. The van der Waals surface area contributed by atoms with Crippen molar-refractivity contribution < 1.29 is 13.2 Å². The smallest absolute Gasteiger partial charge is 0.151 e. The van der Waals surface area contributed by atoms with Gasteiger partial charge in [0.25, 0.3) is 0 Å². The van der Waals surface area contributed by atoms with Gasteiger partial charge in [-0.05, 0) is 38.9 Å². The average Bonchev–Trinajstić information content (AvgIpc) is 2.34. The van der Waals surface area contributed by atoms with E-state index in [4.69, 9.17) is 4.74 Å². The zero-order valence-corrected chi connectivity index (χ0v) is 13.0. The van der Waals surface area contributed by atoms with Crippen molar-refractivity contribution in [1.29, 1.82) is 0 Å². The summed E-state index contributed by atoms with van der Waals surface area (Å²) in [5.41, 5.74) is 2.16. The molecule has 0 aliphatic carbocycles. The molecule has 2 atom stereocenters. The van der Waals surface area contributed by atoms with E-state index in [0.29, 0.717) is 6.42 Å². The number of aryl methyl sites for hydroxylation is 1. The summed E-state index contributed by atoms with van der Waals surface area (Å²) in [4.78, 5) is 0. The third kappa shape index (κ3) is 4.21. The van der Waals surface area contributed by atoms with Crippen LogP contribution in [0.1, 0.15) is 18.1 Å². The highest BCUT2D eigenvalue weighted by molar-refractivity contribution is 7.91. The molecule has 1 aromatic carbocycles. The fourth-order valence-corrected chi connectivity index (χ4v) is 2.93. The second-order valence-corrected chi connectivity index (χ2v) is 7.35. The van der Waals surface area contributed by atoms with E-state index >= 15 is 0 Å². The van der Waals surface area contributed by atoms with Gasteiger partial charge in [-0.15, -0.1) is 0 Å². The second kappa shape index (κ2) is 6.39. The van der Waals surface area contributed by atoms with Crippen LogP contribution in [0.5, 0.6) is 5.75 Å². The summed E-state index contributed by atoms with van der Waals surface area (Å²) in [6.45, 7) is 3.75. The van der Waals surface area contributed by atoms with E-state index in [0.717, 1.165) is 16.9 Å². The van der Waals surface area contributed by atoms with Gasteiger partial charge in [0, 0.05) is 12.3 Å². The van der Waals surface area contributed by atoms with E-state index < -0.39 is 15.1 Å². The summed E-state index contributed by atoms with van der Waals surface area (Å²) in [5.74, 6) is 0.798. The third-order valence-electron chi connectivity index (χ3n) is 3.49. The molecule has 0 amide bonds. The lowest BCUT2D eigenvalue weighted by Gasteiger charge is -2.23. The molecule has 4 nitrogen and oxygen atoms in total. The Hall–Kier alpha value is -1.07. The minimum atomic E-state index is -3.07. The van der Waals surface area contributed by atoms with Gasteiger partial charge in [0.05, 0.1) is 12.4 Å². The number of hydrogen-bond donors (Lipinski definition) is 1. The Balaban J connectivity index is 3.02. The number of sulfone groups is 1. The molecule has 0 spiro atoms. The van der Waals surface area contributed by atoms with Gasteiger partial charge in [-0.3, -0.25) is 0 Å². The van der Waals surface area contributed by atoms with Crippen molar-refractivity contribution in [2.24, 2.45) is 0 Å². The molecule has 108 valence electrons. The van der Waals surface area contributed by atoms with Gasteiger partial charge < -0.3 is 10.1 Å². The number of rotatable bonds is 6. The van der Waals surface area contributed by atoms with Crippen molar-refractivity contribution >= 4 is 9.84 Å². The summed E-state index contributed by atoms with van der Waals surface area (Å²) in [6.07, 6.45) is 1.89. The summed E-state index contributed by atoms with van der Waals surface area (Å²) in [6, 6.07) is 5.81. The van der Waals surface area contributed by atoms with Gasteiger partial charge in [0.1, 0.15) is 5.75 Å². The van der Waals surface area contributed by atoms with E-state index in [-0.39, 0.29) is 6.04 Å². The van der Waals surface area contributed by atoms with Gasteiger partial charge in [0.15, 0.2) is 9.84 Å². The molecule has 0 fully saturated rings. The first-order chi connectivity index (χ1) is 8.79. The Morgan fingerprint density at radius 2 is 2.00 bits per heavy atom. The van der Waals surface area contributed by atoms with E-state index in [1.54, 1.807) is 21.1 Å². The van der Waals surface area contributed by atoms with Crippen molar-refractivity contribution in [1.82, 2.24) is 5.32 Å². The van der Waals surface area contributed by atoms with Crippen molar-refractivity contribution in [2.45, 2.75) is 31.6 Å². The number of hydrogen-bond acceptors (Lipinski definition) is 4. The fraction of sp³-hybridized carbons (Fsp3) is 0.571. The first kappa shape index (κ1) is 16.0. The van der Waals surface area contributed by atoms with E-state index in [9.17, 15) is 8.42 Å². The normalized spacial score (nSPS) is 15.0. The molecule has 0 aromatic heterocycles. The van der Waals surface area contributed by atoms with Gasteiger partial charge in [-0.1, -0.05) is 17.7 Å². The fourth-order valence-electron chi connectivity index (χ4n) is 2.10. The molecule has 1 N–H and O–H groups in total. The van der Waals surface area contributed by atoms with Crippen LogP contribution >= 0.6 is 0 Å². The number of ether oxygens (including phenoxy) is 1. The number of methoxy groups -OCH3 is 1. The highest BCUT2D eigenvalue weighted by Gasteiger charge is 2.25. The third-order valence-corrected chi connectivity index (χ3v) is 5.17. The molecule has 0 bridgehead atoms. The Morgan fingerprint density at radius 3 is 2.47 bits per heavy atom. The SMILES string of the molecule is CNC(Cc1cc(C)ccc1OC)C(C)S(C)(=O)=O. The Bertz CT molecular complexity index is 525. The molecule has 1 rings (SSSR count). The topological polar surface area (TPSA) is 55.4 Å². The van der Waals surface area contributed by atoms with Gasteiger partial charge in [0.2, 0.25) is 0 Å². The Kier molecular flexibility index (Phi) is 5.38. The molecule has 19 heavy (non-hydrogen) atoms. The minimum absolute atomic E-state index is 0.134. The highest BCUT2D eigenvalue weighted by atomic mass is 32.2. The van der Waals surface area contributed by atoms with Crippen molar-refractivity contribution in [2.75, 3.05) is 20.4 Å². The van der Waals surface area contributed by atoms with E-state index in [1.807, 2.05) is 25.1 Å². The number of nitrogens with one attached hydrogen (secondary N) is 1. The molecule has 0 saturated heterocycles. The lowest BCUT2D eigenvalue weighted by Crippen LogP contribution is -2.42. The summed E-state index contributed by atoms with van der Waals surface area (Å²) < 4.78 is 28.7. The zero-order chi connectivity index (χ0) is 14.6. The molecule has 5 heteroatoms. The predicted octanol–water partition coefficient (Wildman–Crippen LogP) is 1.57. The highest BCUT2D eigenvalue weighted by Crippen LogP contribution is 2.22. The zero-order valence-electron chi connectivity index (χ0n) is 12.2. The van der Waals surface area contributed by atoms with E-state index in [2.05, 4.69) is 5.32 Å². The molecule has 0 aliphatic rings. The molecule has 0 saturated carbocycles. The lowest BCUT2D eigenvalue weighted by atomic mass is 10.0. The van der Waals surface area contributed by atoms with Crippen molar-refractivity contribution in [3.05, 3.63) is 29.3 Å². The van der Waals surface area contributed by atoms with Crippen LogP contribution in [0.4, 0.5) is 0 Å². The van der Waals surface area contributed by atoms with Gasteiger partial charge in [-0.2, -0.15) is 0 Å². The summed E-state index contributed by atoms with van der Waals surface area (Å²) in [5, 5.41) is 2.65. The maximum Gasteiger partial charge on any atom is 0.151 e. The standard InChI is InChI=1S/C14H23NO3S/c1-10-6-7-14(18-4)12(8-10)9-13(15-3)11(2)19(5,16)17/h6-8,11,13,15H,9H2,1-5H3. The molecular formula is C14H23NO3S. The first-order valence-corrected chi connectivity index (χ1v) is 8.24. The predicted molar refractivity (Wildman–Crippen MR) is 78.6 cm³/mol. The monoisotopic (exact) mass is 285 g/mol. The molecule has 0 radical (unpaired) electrons. The first-order valence-electron chi connectivity index (χ1n) is 6.29. The van der Waals surface area contributed by atoms with Gasteiger partial charge in [-0.25, -0.2) is 8.42 Å². The summed E-state index contributed by atoms with van der Waals surface area (Å²) in [7, 11) is 0.347. The Morgan fingerprint density at radius 1 is 1.37 bits per heavy atom. The second-order valence-electron chi connectivity index (χ2n) is 4.95. The molecule has 0 heterocycles. The average molecular weight is 285 g/mol. The minimum Gasteiger partial charge on any atom is -0.496 e. The molecule has 2 unspecified atom stereocenters. The van der Waals surface area contributed by atoms with Crippen LogP contribution in [-0.2, 0) is 16.3 Å². The van der Waals surface area contributed by atoms with Crippen LogP contribution in [0.15, 0.2) is 18.2 Å². The quantitative estimate of drug-likeness (QED) is 0.862. The molecule has 0 aliphatic heterocycles. The summed E-state index contributed by atoms with van der Waals surface area (Å²) >= 11 is 0. The van der Waals surface area contributed by atoms with Crippen LogP contribution in [0.2, 0.25) is 0 Å². The van der Waals surface area contributed by atoms with Crippen LogP contribution in [-0.4, -0.2) is 40.1 Å². The lowest BCUT2D eigenvalue weighted by molar-refractivity contribution is 0.405. The Labute approximate surface area is 116 Å². The number of likely N-dealkylation sites (N-methyl/N-ethyl adjacent to an activating group) is 1. The van der Waals surface area contributed by atoms with E-state index in [1.165, 1.54) is 6.26 Å². The van der Waals surface area contributed by atoms with Crippen LogP contribution < -0.4 is 10.1 Å². The van der Waals surface area contributed by atoms with Crippen LogP contribution in [0.3, 0.4) is 0 Å².